The number of hydrazone groups is 1. The number of hydrogen-bond donors (Lipinski definition) is 0. The molecule has 0 N–H and O–H groups in total. The van der Waals surface area contributed by atoms with E-state index >= 15 is 0 Å². The molecule has 0 aromatic heterocycles. The predicted octanol–water partition coefficient (Wildman–Crippen LogP) is 5.06. The van der Waals surface area contributed by atoms with Gasteiger partial charge in [-0.2, -0.15) is 10.1 Å². The summed E-state index contributed by atoms with van der Waals surface area (Å²) in [6.07, 6.45) is 0.660. The van der Waals surface area contributed by atoms with Gasteiger partial charge in [-0.1, -0.05) is 48.2 Å². The van der Waals surface area contributed by atoms with E-state index in [1.54, 1.807) is 14.2 Å². The molecule has 0 saturated carbocycles. The first-order valence-corrected chi connectivity index (χ1v) is 12.2. The Morgan fingerprint density at radius 2 is 1.77 bits per heavy atom. The van der Waals surface area contributed by atoms with E-state index in [9.17, 15) is 4.79 Å². The number of methoxy groups -OCH3 is 2. The summed E-state index contributed by atoms with van der Waals surface area (Å²) in [7, 11) is 3.28. The largest absolute Gasteiger partial charge is 0.497 e. The molecule has 3 aromatic rings. The molecule has 2 aliphatic rings. The Hall–Kier alpha value is -3.78. The third-order valence-electron chi connectivity index (χ3n) is 5.88. The standard InChI is InChI=1S/C27H25N3O4S/c1-32-21-11-8-19(9-12-21)22-15-23(30(29-22)27-28-26(31)17-35-27)20-10-13-24(25(14-20)33-2)34-16-18-6-4-3-5-7-18/h3-14,23H,15-17H2,1-2H3. The Morgan fingerprint density at radius 3 is 2.46 bits per heavy atom. The maximum absolute atomic E-state index is 11.9. The number of aliphatic imine (C=N–C) groups is 1. The van der Waals surface area contributed by atoms with Crippen molar-refractivity contribution >= 4 is 28.5 Å². The van der Waals surface area contributed by atoms with Crippen LogP contribution in [0.5, 0.6) is 17.2 Å². The fraction of sp³-hybridized carbons (Fsp3) is 0.222. The van der Waals surface area contributed by atoms with Crippen molar-refractivity contribution in [3.05, 3.63) is 89.5 Å². The normalized spacial score (nSPS) is 17.3. The molecule has 3 aromatic carbocycles. The Balaban J connectivity index is 1.42. The summed E-state index contributed by atoms with van der Waals surface area (Å²) in [5.74, 6) is 2.30. The monoisotopic (exact) mass is 487 g/mol. The summed E-state index contributed by atoms with van der Waals surface area (Å²) in [6.45, 7) is 0.451. The summed E-state index contributed by atoms with van der Waals surface area (Å²) < 4.78 is 17.0. The second-order valence-electron chi connectivity index (χ2n) is 8.10. The second-order valence-corrected chi connectivity index (χ2v) is 9.04. The Morgan fingerprint density at radius 1 is 0.971 bits per heavy atom. The van der Waals surface area contributed by atoms with Crippen molar-refractivity contribution in [2.75, 3.05) is 20.0 Å². The van der Waals surface area contributed by atoms with Crippen LogP contribution < -0.4 is 14.2 Å². The molecule has 0 bridgehead atoms. The van der Waals surface area contributed by atoms with Crippen LogP contribution >= 0.6 is 11.8 Å². The lowest BCUT2D eigenvalue weighted by atomic mass is 9.98. The van der Waals surface area contributed by atoms with Crippen molar-refractivity contribution in [1.29, 1.82) is 0 Å². The highest BCUT2D eigenvalue weighted by molar-refractivity contribution is 8.14. The van der Waals surface area contributed by atoms with Gasteiger partial charge in [0.2, 0.25) is 0 Å². The van der Waals surface area contributed by atoms with Gasteiger partial charge in [0.25, 0.3) is 5.91 Å². The minimum atomic E-state index is -0.140. The summed E-state index contributed by atoms with van der Waals surface area (Å²) in [5, 5.41) is 7.35. The van der Waals surface area contributed by atoms with Crippen LogP contribution in [0.1, 0.15) is 29.2 Å². The third-order valence-corrected chi connectivity index (χ3v) is 6.81. The van der Waals surface area contributed by atoms with Crippen LogP contribution in [-0.2, 0) is 11.4 Å². The van der Waals surface area contributed by atoms with Crippen LogP contribution in [-0.4, -0.2) is 41.8 Å². The zero-order chi connectivity index (χ0) is 24.2. The number of amidine groups is 1. The van der Waals surface area contributed by atoms with Gasteiger partial charge in [0.1, 0.15) is 12.4 Å². The lowest BCUT2D eigenvalue weighted by molar-refractivity contribution is -0.115. The number of ether oxygens (including phenoxy) is 3. The van der Waals surface area contributed by atoms with Gasteiger partial charge < -0.3 is 14.2 Å². The van der Waals surface area contributed by atoms with Crippen molar-refractivity contribution < 1.29 is 19.0 Å². The highest BCUT2D eigenvalue weighted by Gasteiger charge is 2.35. The number of nitrogens with zero attached hydrogens (tertiary/aromatic N) is 3. The molecule has 0 aliphatic carbocycles. The lowest BCUT2D eigenvalue weighted by Gasteiger charge is -2.23. The third kappa shape index (κ3) is 5.02. The molecular formula is C27H25N3O4S. The number of benzene rings is 3. The topological polar surface area (TPSA) is 72.7 Å². The first-order chi connectivity index (χ1) is 17.1. The zero-order valence-electron chi connectivity index (χ0n) is 19.5. The molecule has 0 spiro atoms. The molecule has 1 unspecified atom stereocenters. The highest BCUT2D eigenvalue weighted by Crippen LogP contribution is 2.39. The molecule has 2 aliphatic heterocycles. The van der Waals surface area contributed by atoms with Crippen LogP contribution in [0.3, 0.4) is 0 Å². The minimum Gasteiger partial charge on any atom is -0.497 e. The Kier molecular flexibility index (Phi) is 6.72. The fourth-order valence-electron chi connectivity index (χ4n) is 4.07. The fourth-order valence-corrected chi connectivity index (χ4v) is 4.85. The van der Waals surface area contributed by atoms with Gasteiger partial charge in [-0.3, -0.25) is 4.79 Å². The van der Waals surface area contributed by atoms with E-state index in [0.717, 1.165) is 28.2 Å². The van der Waals surface area contributed by atoms with Gasteiger partial charge in [0.05, 0.1) is 31.7 Å². The number of amides is 1. The first kappa shape index (κ1) is 23.0. The predicted molar refractivity (Wildman–Crippen MR) is 137 cm³/mol. The van der Waals surface area contributed by atoms with E-state index in [1.807, 2.05) is 77.8 Å². The van der Waals surface area contributed by atoms with E-state index in [1.165, 1.54) is 11.8 Å². The molecule has 7 nitrogen and oxygen atoms in total. The number of carbonyl (C=O) groups excluding carboxylic acids is 1. The Bertz CT molecular complexity index is 1280. The van der Waals surface area contributed by atoms with Crippen molar-refractivity contribution in [3.8, 4) is 17.2 Å². The van der Waals surface area contributed by atoms with Crippen LogP contribution in [0, 0.1) is 0 Å². The summed E-state index contributed by atoms with van der Waals surface area (Å²) >= 11 is 1.41. The highest BCUT2D eigenvalue weighted by atomic mass is 32.2. The molecular weight excluding hydrogens is 462 g/mol. The van der Waals surface area contributed by atoms with E-state index in [0.29, 0.717) is 35.4 Å². The summed E-state index contributed by atoms with van der Waals surface area (Å²) in [6, 6.07) is 23.6. The van der Waals surface area contributed by atoms with Crippen LogP contribution in [0.4, 0.5) is 0 Å². The minimum absolute atomic E-state index is 0.124. The second kappa shape index (κ2) is 10.2. The Labute approximate surface area is 208 Å². The molecule has 0 radical (unpaired) electrons. The molecule has 35 heavy (non-hydrogen) atoms. The van der Waals surface area contributed by atoms with E-state index in [4.69, 9.17) is 19.3 Å². The van der Waals surface area contributed by atoms with Crippen LogP contribution in [0.25, 0.3) is 0 Å². The van der Waals surface area contributed by atoms with Crippen molar-refractivity contribution in [2.24, 2.45) is 10.1 Å². The molecule has 178 valence electrons. The van der Waals surface area contributed by atoms with E-state index < -0.39 is 0 Å². The molecule has 5 rings (SSSR count). The average Bonchev–Trinajstić information content (AvgIpc) is 3.54. The maximum atomic E-state index is 11.9. The van der Waals surface area contributed by atoms with Gasteiger partial charge in [0, 0.05) is 6.42 Å². The van der Waals surface area contributed by atoms with Crippen molar-refractivity contribution in [2.45, 2.75) is 19.1 Å². The SMILES string of the molecule is COc1ccc(C2=NN(C3=NC(=O)CS3)C(c3ccc(OCc4ccccc4)c(OC)c3)C2)cc1. The number of rotatable bonds is 7. The van der Waals surface area contributed by atoms with Crippen molar-refractivity contribution in [3.63, 3.8) is 0 Å². The zero-order valence-corrected chi connectivity index (χ0v) is 20.3. The quantitative estimate of drug-likeness (QED) is 0.464. The molecule has 0 fully saturated rings. The van der Waals surface area contributed by atoms with Gasteiger partial charge >= 0.3 is 0 Å². The smallest absolute Gasteiger partial charge is 0.258 e. The number of thioether (sulfide) groups is 1. The summed E-state index contributed by atoms with van der Waals surface area (Å²) in [4.78, 5) is 16.1. The molecule has 1 amide bonds. The molecule has 8 heteroatoms. The molecule has 2 heterocycles. The van der Waals surface area contributed by atoms with Gasteiger partial charge in [-0.05, 0) is 53.1 Å². The van der Waals surface area contributed by atoms with Crippen LogP contribution in [0.15, 0.2) is 82.9 Å². The summed E-state index contributed by atoms with van der Waals surface area (Å²) in [5.41, 5.74) is 4.01. The van der Waals surface area contributed by atoms with E-state index in [-0.39, 0.29) is 11.9 Å². The van der Waals surface area contributed by atoms with Crippen LogP contribution in [0.2, 0.25) is 0 Å². The van der Waals surface area contributed by atoms with Gasteiger partial charge in [-0.15, -0.1) is 0 Å². The average molecular weight is 488 g/mol. The first-order valence-electron chi connectivity index (χ1n) is 11.2. The molecule has 0 saturated heterocycles. The number of hydrogen-bond acceptors (Lipinski definition) is 7. The van der Waals surface area contributed by atoms with Crippen molar-refractivity contribution in [1.82, 2.24) is 5.01 Å². The molecule has 1 atom stereocenters. The maximum Gasteiger partial charge on any atom is 0.258 e. The van der Waals surface area contributed by atoms with E-state index in [2.05, 4.69) is 4.99 Å². The van der Waals surface area contributed by atoms with Gasteiger partial charge in [0.15, 0.2) is 16.7 Å². The van der Waals surface area contributed by atoms with Gasteiger partial charge in [-0.25, -0.2) is 5.01 Å². The number of carbonyl (C=O) groups is 1. The lowest BCUT2D eigenvalue weighted by Crippen LogP contribution is -2.23.